The van der Waals surface area contributed by atoms with E-state index in [2.05, 4.69) is 4.72 Å². The van der Waals surface area contributed by atoms with Gasteiger partial charge in [0.2, 0.25) is 10.0 Å². The van der Waals surface area contributed by atoms with Crippen LogP contribution in [-0.4, -0.2) is 26.2 Å². The maximum Gasteiger partial charge on any atom is 0.216 e. The van der Waals surface area contributed by atoms with Crippen molar-refractivity contribution < 1.29 is 17.9 Å². The first-order valence-corrected chi connectivity index (χ1v) is 7.36. The van der Waals surface area contributed by atoms with E-state index in [9.17, 15) is 12.8 Å². The van der Waals surface area contributed by atoms with E-state index in [1.54, 1.807) is 6.92 Å². The number of nitrogens with zero attached hydrogens (tertiary/aromatic N) is 1. The number of rotatable bonds is 6. The second-order valence-corrected chi connectivity index (χ2v) is 5.84. The predicted octanol–water partition coefficient (Wildman–Crippen LogP) is 0.888. The maximum atomic E-state index is 13.5. The topological polar surface area (TPSA) is 90.2 Å². The fourth-order valence-corrected chi connectivity index (χ4v) is 2.97. The molecular formula is C12H15FN2O3S. The summed E-state index contributed by atoms with van der Waals surface area (Å²) in [5.41, 5.74) is 0.125. The van der Waals surface area contributed by atoms with E-state index in [0.717, 1.165) is 6.07 Å². The molecule has 0 spiro atoms. The minimum Gasteiger partial charge on any atom is -0.395 e. The Morgan fingerprint density at radius 1 is 1.53 bits per heavy atom. The third-order valence-electron chi connectivity index (χ3n) is 2.58. The summed E-state index contributed by atoms with van der Waals surface area (Å²) in [4.78, 5) is 0. The Labute approximate surface area is 111 Å². The normalized spacial score (nSPS) is 12.9. The van der Waals surface area contributed by atoms with Crippen LogP contribution in [0.1, 0.15) is 24.5 Å². The Bertz CT molecular complexity index is 577. The molecule has 0 amide bonds. The van der Waals surface area contributed by atoms with Gasteiger partial charge in [0.15, 0.2) is 0 Å². The third-order valence-corrected chi connectivity index (χ3v) is 3.96. The van der Waals surface area contributed by atoms with Gasteiger partial charge in [0.05, 0.1) is 24.0 Å². The molecule has 1 unspecified atom stereocenters. The van der Waals surface area contributed by atoms with Crippen molar-refractivity contribution in [1.82, 2.24) is 4.72 Å². The molecule has 1 rings (SSSR count). The van der Waals surface area contributed by atoms with Crippen LogP contribution in [0, 0.1) is 17.1 Å². The molecule has 1 aromatic carbocycles. The van der Waals surface area contributed by atoms with Gasteiger partial charge in [-0.1, -0.05) is 6.92 Å². The number of benzene rings is 1. The zero-order valence-corrected chi connectivity index (χ0v) is 11.2. The molecule has 0 aliphatic heterocycles. The summed E-state index contributed by atoms with van der Waals surface area (Å²) in [6.07, 6.45) is 0.427. The molecule has 0 aromatic heterocycles. The standard InChI is InChI=1S/C12H15FN2O3S/c1-2-11(7-16)15-19(17,18)8-10-5-9(6-14)3-4-12(10)13/h3-5,11,15-16H,2,7-8H2,1H3. The minimum absolute atomic E-state index is 0.0701. The summed E-state index contributed by atoms with van der Waals surface area (Å²) in [7, 11) is -3.76. The van der Waals surface area contributed by atoms with Crippen LogP contribution in [0.25, 0.3) is 0 Å². The summed E-state index contributed by atoms with van der Waals surface area (Å²) in [5, 5.41) is 17.7. The highest BCUT2D eigenvalue weighted by Crippen LogP contribution is 2.13. The smallest absolute Gasteiger partial charge is 0.216 e. The maximum absolute atomic E-state index is 13.5. The number of halogens is 1. The van der Waals surface area contributed by atoms with Crippen molar-refractivity contribution in [2.45, 2.75) is 25.1 Å². The molecule has 0 fully saturated rings. The quantitative estimate of drug-likeness (QED) is 0.812. The first-order chi connectivity index (χ1) is 8.91. The third kappa shape index (κ3) is 4.59. The fraction of sp³-hybridized carbons (Fsp3) is 0.417. The number of aliphatic hydroxyl groups is 1. The summed E-state index contributed by atoms with van der Waals surface area (Å²) in [6, 6.07) is 4.78. The minimum atomic E-state index is -3.76. The molecule has 0 saturated heterocycles. The Morgan fingerprint density at radius 3 is 2.74 bits per heavy atom. The molecule has 1 atom stereocenters. The Kier molecular flexibility index (Phi) is 5.42. The number of nitrogens with one attached hydrogen (secondary N) is 1. The summed E-state index contributed by atoms with van der Waals surface area (Å²) in [5.74, 6) is -1.24. The van der Waals surface area contributed by atoms with Gasteiger partial charge in [0, 0.05) is 11.6 Å². The molecule has 0 saturated carbocycles. The van der Waals surface area contributed by atoms with Crippen LogP contribution in [0.3, 0.4) is 0 Å². The second-order valence-electron chi connectivity index (χ2n) is 4.08. The average molecular weight is 286 g/mol. The summed E-state index contributed by atoms with van der Waals surface area (Å²) >= 11 is 0. The molecule has 0 aliphatic carbocycles. The van der Waals surface area contributed by atoms with Crippen molar-refractivity contribution >= 4 is 10.0 Å². The van der Waals surface area contributed by atoms with Crippen LogP contribution in [-0.2, 0) is 15.8 Å². The zero-order valence-electron chi connectivity index (χ0n) is 10.4. The van der Waals surface area contributed by atoms with E-state index in [1.165, 1.54) is 12.1 Å². The number of aliphatic hydroxyl groups excluding tert-OH is 1. The molecule has 1 aromatic rings. The van der Waals surface area contributed by atoms with Crippen LogP contribution in [0.15, 0.2) is 18.2 Å². The van der Waals surface area contributed by atoms with Gasteiger partial charge in [-0.25, -0.2) is 17.5 Å². The van der Waals surface area contributed by atoms with Gasteiger partial charge in [-0.3, -0.25) is 0 Å². The molecule has 0 bridgehead atoms. The first kappa shape index (κ1) is 15.6. The van der Waals surface area contributed by atoms with Gasteiger partial charge in [0.25, 0.3) is 0 Å². The Hall–Kier alpha value is -1.49. The molecule has 104 valence electrons. The van der Waals surface area contributed by atoms with Crippen LogP contribution in [0.4, 0.5) is 4.39 Å². The van der Waals surface area contributed by atoms with Gasteiger partial charge < -0.3 is 5.11 Å². The lowest BCUT2D eigenvalue weighted by Crippen LogP contribution is -2.37. The monoisotopic (exact) mass is 286 g/mol. The SMILES string of the molecule is CCC(CO)NS(=O)(=O)Cc1cc(C#N)ccc1F. The van der Waals surface area contributed by atoms with Gasteiger partial charge >= 0.3 is 0 Å². The van der Waals surface area contributed by atoms with E-state index < -0.39 is 27.6 Å². The molecule has 0 aliphatic rings. The lowest BCUT2D eigenvalue weighted by atomic mass is 10.1. The van der Waals surface area contributed by atoms with Gasteiger partial charge in [-0.15, -0.1) is 0 Å². The van der Waals surface area contributed by atoms with Gasteiger partial charge in [0.1, 0.15) is 5.82 Å². The molecule has 19 heavy (non-hydrogen) atoms. The molecule has 2 N–H and O–H groups in total. The molecule has 0 heterocycles. The largest absolute Gasteiger partial charge is 0.395 e. The van der Waals surface area contributed by atoms with Gasteiger partial charge in [-0.05, 0) is 24.6 Å². The van der Waals surface area contributed by atoms with Crippen LogP contribution >= 0.6 is 0 Å². The van der Waals surface area contributed by atoms with E-state index in [4.69, 9.17) is 10.4 Å². The van der Waals surface area contributed by atoms with E-state index in [0.29, 0.717) is 6.42 Å². The van der Waals surface area contributed by atoms with Crippen LogP contribution in [0.5, 0.6) is 0 Å². The lowest BCUT2D eigenvalue weighted by Gasteiger charge is -2.14. The Morgan fingerprint density at radius 2 is 2.21 bits per heavy atom. The highest BCUT2D eigenvalue weighted by molar-refractivity contribution is 7.88. The van der Waals surface area contributed by atoms with Crippen molar-refractivity contribution in [2.24, 2.45) is 0 Å². The number of hydrogen-bond acceptors (Lipinski definition) is 4. The highest BCUT2D eigenvalue weighted by atomic mass is 32.2. The molecule has 5 nitrogen and oxygen atoms in total. The van der Waals surface area contributed by atoms with E-state index in [-0.39, 0.29) is 17.7 Å². The molecular weight excluding hydrogens is 271 g/mol. The van der Waals surface area contributed by atoms with E-state index in [1.807, 2.05) is 6.07 Å². The summed E-state index contributed by atoms with van der Waals surface area (Å²) in [6.45, 7) is 1.40. The number of hydrogen-bond donors (Lipinski definition) is 2. The number of nitriles is 1. The van der Waals surface area contributed by atoms with E-state index >= 15 is 0 Å². The van der Waals surface area contributed by atoms with Crippen molar-refractivity contribution in [3.05, 3.63) is 35.1 Å². The highest BCUT2D eigenvalue weighted by Gasteiger charge is 2.18. The average Bonchev–Trinajstić information content (AvgIpc) is 2.38. The molecule has 7 heteroatoms. The van der Waals surface area contributed by atoms with Gasteiger partial charge in [-0.2, -0.15) is 5.26 Å². The van der Waals surface area contributed by atoms with Crippen LogP contribution < -0.4 is 4.72 Å². The number of sulfonamides is 1. The zero-order chi connectivity index (χ0) is 14.5. The van der Waals surface area contributed by atoms with Crippen molar-refractivity contribution in [2.75, 3.05) is 6.61 Å². The second kappa shape index (κ2) is 6.61. The fourth-order valence-electron chi connectivity index (χ4n) is 1.50. The Balaban J connectivity index is 2.92. The lowest BCUT2D eigenvalue weighted by molar-refractivity contribution is 0.253. The van der Waals surface area contributed by atoms with Crippen LogP contribution in [0.2, 0.25) is 0 Å². The van der Waals surface area contributed by atoms with Crippen molar-refractivity contribution in [3.63, 3.8) is 0 Å². The first-order valence-electron chi connectivity index (χ1n) is 5.71. The van der Waals surface area contributed by atoms with Crippen molar-refractivity contribution in [3.8, 4) is 6.07 Å². The summed E-state index contributed by atoms with van der Waals surface area (Å²) < 4.78 is 39.4. The van der Waals surface area contributed by atoms with Crippen molar-refractivity contribution in [1.29, 1.82) is 5.26 Å². The molecule has 0 radical (unpaired) electrons. The predicted molar refractivity (Wildman–Crippen MR) is 68.0 cm³/mol.